The zero-order chi connectivity index (χ0) is 11.6. The van der Waals surface area contributed by atoms with Crippen molar-refractivity contribution in [1.29, 1.82) is 0 Å². The predicted molar refractivity (Wildman–Crippen MR) is 71.8 cm³/mol. The fraction of sp³-hybridized carbons (Fsp3) is 1.00. The van der Waals surface area contributed by atoms with Crippen LogP contribution in [0.3, 0.4) is 0 Å². The first-order valence-corrected chi connectivity index (χ1v) is 7.29. The molecule has 0 bridgehead atoms. The summed E-state index contributed by atoms with van der Waals surface area (Å²) in [5.74, 6) is 1.02. The highest BCUT2D eigenvalue weighted by Crippen LogP contribution is 2.21. The summed E-state index contributed by atoms with van der Waals surface area (Å²) in [6, 6.07) is 0. The average molecular weight is 226 g/mol. The Balaban J connectivity index is 1.95. The number of rotatable bonds is 8. The Bertz CT molecular complexity index is 151. The van der Waals surface area contributed by atoms with E-state index in [0.717, 1.165) is 5.92 Å². The molecule has 0 radical (unpaired) electrons. The molecule has 2 nitrogen and oxygen atoms in total. The number of unbranched alkanes of at least 4 members (excludes halogenated alkanes) is 1. The van der Waals surface area contributed by atoms with Crippen LogP contribution in [0.2, 0.25) is 0 Å². The highest BCUT2D eigenvalue weighted by molar-refractivity contribution is 4.72. The van der Waals surface area contributed by atoms with Crippen LogP contribution in [0.15, 0.2) is 0 Å². The van der Waals surface area contributed by atoms with Crippen LogP contribution in [0.1, 0.15) is 52.4 Å². The molecule has 0 amide bonds. The second kappa shape index (κ2) is 9.00. The van der Waals surface area contributed by atoms with Gasteiger partial charge in [-0.1, -0.05) is 33.1 Å². The first-order chi connectivity index (χ1) is 7.86. The van der Waals surface area contributed by atoms with E-state index in [1.807, 2.05) is 0 Å². The van der Waals surface area contributed by atoms with E-state index in [-0.39, 0.29) is 0 Å². The zero-order valence-corrected chi connectivity index (χ0v) is 11.3. The van der Waals surface area contributed by atoms with Gasteiger partial charge in [0.15, 0.2) is 0 Å². The molecule has 0 spiro atoms. The molecule has 0 atom stereocenters. The van der Waals surface area contributed by atoms with Crippen LogP contribution in [0.4, 0.5) is 0 Å². The lowest BCUT2D eigenvalue weighted by Gasteiger charge is -2.31. The predicted octanol–water partition coefficient (Wildman–Crippen LogP) is 2.89. The van der Waals surface area contributed by atoms with Gasteiger partial charge in [0.25, 0.3) is 0 Å². The molecule has 0 aromatic rings. The molecule has 1 N–H and O–H groups in total. The Morgan fingerprint density at radius 2 is 1.81 bits per heavy atom. The molecule has 0 aliphatic carbocycles. The summed E-state index contributed by atoms with van der Waals surface area (Å²) in [4.78, 5) is 2.63. The van der Waals surface area contributed by atoms with Crippen molar-refractivity contribution in [2.45, 2.75) is 52.4 Å². The molecule has 1 saturated heterocycles. The van der Waals surface area contributed by atoms with Crippen LogP contribution in [-0.4, -0.2) is 37.6 Å². The molecule has 1 aliphatic heterocycles. The molecule has 1 aliphatic rings. The van der Waals surface area contributed by atoms with Crippen LogP contribution < -0.4 is 5.32 Å². The maximum absolute atomic E-state index is 3.53. The van der Waals surface area contributed by atoms with Crippen molar-refractivity contribution in [2.75, 3.05) is 32.7 Å². The standard InChI is InChI=1S/C14H30N2/c1-3-5-9-15-10-13-16-11-7-14(6-4-2)8-12-16/h14-15H,3-13H2,1-2H3. The van der Waals surface area contributed by atoms with Gasteiger partial charge in [-0.25, -0.2) is 0 Å². The maximum Gasteiger partial charge on any atom is 0.0107 e. The van der Waals surface area contributed by atoms with Crippen LogP contribution in [0.25, 0.3) is 0 Å². The summed E-state index contributed by atoms with van der Waals surface area (Å²) in [6.07, 6.45) is 8.30. The van der Waals surface area contributed by atoms with Gasteiger partial charge in [-0.05, 0) is 44.8 Å². The van der Waals surface area contributed by atoms with E-state index >= 15 is 0 Å². The minimum absolute atomic E-state index is 1.02. The Morgan fingerprint density at radius 3 is 2.44 bits per heavy atom. The third-order valence-electron chi connectivity index (χ3n) is 3.72. The fourth-order valence-electron chi connectivity index (χ4n) is 2.57. The number of nitrogens with zero attached hydrogens (tertiary/aromatic N) is 1. The molecule has 0 unspecified atom stereocenters. The third kappa shape index (κ3) is 5.86. The maximum atomic E-state index is 3.53. The quantitative estimate of drug-likeness (QED) is 0.640. The van der Waals surface area contributed by atoms with E-state index in [1.165, 1.54) is 71.2 Å². The lowest BCUT2D eigenvalue weighted by atomic mass is 9.92. The van der Waals surface area contributed by atoms with Gasteiger partial charge >= 0.3 is 0 Å². The number of hydrogen-bond donors (Lipinski definition) is 1. The SMILES string of the molecule is CCCCNCCN1CCC(CCC)CC1. The van der Waals surface area contributed by atoms with Crippen LogP contribution in [0.5, 0.6) is 0 Å². The summed E-state index contributed by atoms with van der Waals surface area (Å²) in [5.41, 5.74) is 0. The smallest absolute Gasteiger partial charge is 0.0107 e. The highest BCUT2D eigenvalue weighted by atomic mass is 15.1. The normalized spacial score (nSPS) is 19.1. The average Bonchev–Trinajstić information content (AvgIpc) is 2.31. The van der Waals surface area contributed by atoms with Crippen LogP contribution in [-0.2, 0) is 0 Å². The summed E-state index contributed by atoms with van der Waals surface area (Å²) in [7, 11) is 0. The van der Waals surface area contributed by atoms with Gasteiger partial charge in [-0.3, -0.25) is 0 Å². The van der Waals surface area contributed by atoms with Crippen molar-refractivity contribution in [3.05, 3.63) is 0 Å². The van der Waals surface area contributed by atoms with E-state index in [1.54, 1.807) is 0 Å². The molecule has 1 fully saturated rings. The molecule has 16 heavy (non-hydrogen) atoms. The third-order valence-corrected chi connectivity index (χ3v) is 3.72. The van der Waals surface area contributed by atoms with Crippen LogP contribution in [0, 0.1) is 5.92 Å². The zero-order valence-electron chi connectivity index (χ0n) is 11.3. The molecule has 0 saturated carbocycles. The van der Waals surface area contributed by atoms with Crippen molar-refractivity contribution >= 4 is 0 Å². The summed E-state index contributed by atoms with van der Waals surface area (Å²) >= 11 is 0. The van der Waals surface area contributed by atoms with E-state index in [0.29, 0.717) is 0 Å². The van der Waals surface area contributed by atoms with E-state index in [2.05, 4.69) is 24.1 Å². The number of nitrogens with one attached hydrogen (secondary N) is 1. The Kier molecular flexibility index (Phi) is 7.87. The molecular weight excluding hydrogens is 196 g/mol. The monoisotopic (exact) mass is 226 g/mol. The first-order valence-electron chi connectivity index (χ1n) is 7.29. The van der Waals surface area contributed by atoms with Gasteiger partial charge in [0.1, 0.15) is 0 Å². The molecule has 0 aromatic carbocycles. The van der Waals surface area contributed by atoms with Crippen molar-refractivity contribution in [2.24, 2.45) is 5.92 Å². The van der Waals surface area contributed by atoms with Gasteiger partial charge in [-0.15, -0.1) is 0 Å². The lowest BCUT2D eigenvalue weighted by Crippen LogP contribution is -2.38. The van der Waals surface area contributed by atoms with Crippen molar-refractivity contribution < 1.29 is 0 Å². The summed E-state index contributed by atoms with van der Waals surface area (Å²) in [5, 5.41) is 3.53. The molecule has 2 heteroatoms. The fourth-order valence-corrected chi connectivity index (χ4v) is 2.57. The summed E-state index contributed by atoms with van der Waals surface area (Å²) < 4.78 is 0. The van der Waals surface area contributed by atoms with Gasteiger partial charge in [0, 0.05) is 13.1 Å². The molecule has 1 heterocycles. The van der Waals surface area contributed by atoms with Crippen molar-refractivity contribution in [3.8, 4) is 0 Å². The number of piperidine rings is 1. The van der Waals surface area contributed by atoms with Gasteiger partial charge in [-0.2, -0.15) is 0 Å². The highest BCUT2D eigenvalue weighted by Gasteiger charge is 2.17. The second-order valence-corrected chi connectivity index (χ2v) is 5.18. The minimum atomic E-state index is 1.02. The van der Waals surface area contributed by atoms with Crippen molar-refractivity contribution in [1.82, 2.24) is 10.2 Å². The number of likely N-dealkylation sites (tertiary alicyclic amines) is 1. The Morgan fingerprint density at radius 1 is 1.06 bits per heavy atom. The molecular formula is C14H30N2. The molecule has 0 aromatic heterocycles. The van der Waals surface area contributed by atoms with Gasteiger partial charge in [0.05, 0.1) is 0 Å². The topological polar surface area (TPSA) is 15.3 Å². The Hall–Kier alpha value is -0.0800. The second-order valence-electron chi connectivity index (χ2n) is 5.18. The first kappa shape index (κ1) is 14.0. The number of hydrogen-bond acceptors (Lipinski definition) is 2. The summed E-state index contributed by atoms with van der Waals surface area (Å²) in [6.45, 7) is 10.9. The van der Waals surface area contributed by atoms with Crippen molar-refractivity contribution in [3.63, 3.8) is 0 Å². The van der Waals surface area contributed by atoms with Crippen LogP contribution >= 0.6 is 0 Å². The molecule has 1 rings (SSSR count). The molecule has 96 valence electrons. The van der Waals surface area contributed by atoms with Gasteiger partial charge < -0.3 is 10.2 Å². The van der Waals surface area contributed by atoms with E-state index < -0.39 is 0 Å². The van der Waals surface area contributed by atoms with E-state index in [4.69, 9.17) is 0 Å². The lowest BCUT2D eigenvalue weighted by molar-refractivity contribution is 0.179. The van der Waals surface area contributed by atoms with E-state index in [9.17, 15) is 0 Å². The largest absolute Gasteiger partial charge is 0.315 e. The Labute approximate surface area is 102 Å². The van der Waals surface area contributed by atoms with Gasteiger partial charge in [0.2, 0.25) is 0 Å². The minimum Gasteiger partial charge on any atom is -0.315 e.